The van der Waals surface area contributed by atoms with Gasteiger partial charge in [0.2, 0.25) is 5.91 Å². The molecule has 2 rings (SSSR count). The normalized spacial score (nSPS) is 13.7. The standard InChI is InChI=1S/C20H26N3O5P/c1-16(19(24)21-13-12-17-8-4-2-5-9-17)23-29(26,27)15-22-20(25)28-14-18-10-6-3-7-11-18/h2-11,16H,12-15H2,1H3,(H,21,24)(H,22,25)(H2,23,26,27)/t16-/m0/s1. The number of nitrogens with one attached hydrogen (secondary N) is 3. The van der Waals surface area contributed by atoms with Gasteiger partial charge in [0.15, 0.2) is 0 Å². The molecule has 0 radical (unpaired) electrons. The van der Waals surface area contributed by atoms with Crippen LogP contribution in [-0.4, -0.2) is 35.8 Å². The van der Waals surface area contributed by atoms with Gasteiger partial charge in [-0.3, -0.25) is 9.36 Å². The Bertz CT molecular complexity index is 833. The van der Waals surface area contributed by atoms with Crippen LogP contribution >= 0.6 is 7.52 Å². The van der Waals surface area contributed by atoms with Gasteiger partial charge in [0.1, 0.15) is 12.9 Å². The molecule has 0 spiro atoms. The van der Waals surface area contributed by atoms with Crippen molar-refractivity contribution in [1.82, 2.24) is 15.7 Å². The predicted molar refractivity (Wildman–Crippen MR) is 110 cm³/mol. The number of rotatable bonds is 10. The van der Waals surface area contributed by atoms with E-state index in [1.165, 1.54) is 6.92 Å². The first kappa shape index (κ1) is 22.6. The molecule has 0 aromatic heterocycles. The number of carbonyl (C=O) groups is 2. The molecule has 2 aromatic carbocycles. The summed E-state index contributed by atoms with van der Waals surface area (Å²) in [7, 11) is -3.97. The van der Waals surface area contributed by atoms with Crippen molar-refractivity contribution in [2.45, 2.75) is 26.0 Å². The molecule has 0 aliphatic carbocycles. The second-order valence-corrected chi connectivity index (χ2v) is 8.45. The van der Waals surface area contributed by atoms with E-state index < -0.39 is 31.8 Å². The average molecular weight is 419 g/mol. The smallest absolute Gasteiger partial charge is 0.407 e. The molecule has 0 saturated heterocycles. The second-order valence-electron chi connectivity index (χ2n) is 6.48. The Balaban J connectivity index is 1.67. The predicted octanol–water partition coefficient (Wildman–Crippen LogP) is 2.39. The lowest BCUT2D eigenvalue weighted by molar-refractivity contribution is -0.122. The molecule has 8 nitrogen and oxygen atoms in total. The number of benzene rings is 2. The molecule has 29 heavy (non-hydrogen) atoms. The lowest BCUT2D eigenvalue weighted by Gasteiger charge is -2.19. The van der Waals surface area contributed by atoms with Crippen LogP contribution in [0.4, 0.5) is 4.79 Å². The maximum absolute atomic E-state index is 12.2. The van der Waals surface area contributed by atoms with Crippen molar-refractivity contribution in [3.8, 4) is 0 Å². The van der Waals surface area contributed by atoms with Gasteiger partial charge in [0.25, 0.3) is 7.52 Å². The Labute approximate surface area is 170 Å². The third-order valence-corrected chi connectivity index (χ3v) is 5.37. The highest BCUT2D eigenvalue weighted by atomic mass is 31.2. The molecule has 2 aromatic rings. The van der Waals surface area contributed by atoms with E-state index in [1.807, 2.05) is 48.5 Å². The highest BCUT2D eigenvalue weighted by Crippen LogP contribution is 2.34. The quantitative estimate of drug-likeness (QED) is 0.440. The Morgan fingerprint density at radius 2 is 1.59 bits per heavy atom. The Morgan fingerprint density at radius 1 is 1.00 bits per heavy atom. The van der Waals surface area contributed by atoms with Crippen molar-refractivity contribution >= 4 is 19.5 Å². The van der Waals surface area contributed by atoms with E-state index in [0.29, 0.717) is 13.0 Å². The van der Waals surface area contributed by atoms with Crippen LogP contribution in [0.3, 0.4) is 0 Å². The van der Waals surface area contributed by atoms with Gasteiger partial charge in [-0.1, -0.05) is 60.7 Å². The largest absolute Gasteiger partial charge is 0.445 e. The minimum absolute atomic E-state index is 0.0516. The first-order valence-electron chi connectivity index (χ1n) is 9.21. The summed E-state index contributed by atoms with van der Waals surface area (Å²) in [4.78, 5) is 33.7. The number of ether oxygens (including phenoxy) is 1. The van der Waals surface area contributed by atoms with Gasteiger partial charge in [-0.2, -0.15) is 0 Å². The Kier molecular flexibility index (Phi) is 8.86. The maximum atomic E-state index is 12.2. The first-order valence-corrected chi connectivity index (χ1v) is 11.1. The summed E-state index contributed by atoms with van der Waals surface area (Å²) in [5, 5.41) is 7.31. The second kappa shape index (κ2) is 11.4. The molecule has 0 fully saturated rings. The van der Waals surface area contributed by atoms with Gasteiger partial charge < -0.3 is 20.3 Å². The van der Waals surface area contributed by atoms with Crippen LogP contribution in [0.2, 0.25) is 0 Å². The zero-order valence-corrected chi connectivity index (χ0v) is 17.1. The van der Waals surface area contributed by atoms with Crippen LogP contribution in [0.1, 0.15) is 18.1 Å². The third-order valence-electron chi connectivity index (χ3n) is 3.99. The van der Waals surface area contributed by atoms with E-state index in [-0.39, 0.29) is 6.61 Å². The summed E-state index contributed by atoms with van der Waals surface area (Å²) < 4.78 is 17.2. The van der Waals surface area contributed by atoms with Gasteiger partial charge in [-0.15, -0.1) is 0 Å². The molecule has 0 heterocycles. The fraction of sp³-hybridized carbons (Fsp3) is 0.300. The fourth-order valence-electron chi connectivity index (χ4n) is 2.48. The van der Waals surface area contributed by atoms with Crippen LogP contribution in [0, 0.1) is 0 Å². The van der Waals surface area contributed by atoms with Gasteiger partial charge >= 0.3 is 6.09 Å². The van der Waals surface area contributed by atoms with Crippen molar-refractivity contribution < 1.29 is 23.8 Å². The van der Waals surface area contributed by atoms with Gasteiger partial charge in [-0.25, -0.2) is 9.88 Å². The molecule has 0 aliphatic heterocycles. The minimum atomic E-state index is -3.97. The number of hydrogen-bond donors (Lipinski definition) is 4. The Morgan fingerprint density at radius 3 is 2.21 bits per heavy atom. The third kappa shape index (κ3) is 8.91. The summed E-state index contributed by atoms with van der Waals surface area (Å²) >= 11 is 0. The SMILES string of the molecule is C[C@H](NP(=O)(O)CNC(=O)OCc1ccccc1)C(=O)NCCc1ccccc1. The topological polar surface area (TPSA) is 117 Å². The average Bonchev–Trinajstić information content (AvgIpc) is 2.72. The van der Waals surface area contributed by atoms with Crippen molar-refractivity contribution in [2.24, 2.45) is 0 Å². The molecule has 9 heteroatoms. The van der Waals surface area contributed by atoms with E-state index >= 15 is 0 Å². The van der Waals surface area contributed by atoms with Crippen molar-refractivity contribution in [3.05, 3.63) is 71.8 Å². The van der Waals surface area contributed by atoms with Crippen LogP contribution in [0.25, 0.3) is 0 Å². The molecule has 1 unspecified atom stereocenters. The van der Waals surface area contributed by atoms with Crippen LogP contribution in [0.5, 0.6) is 0 Å². The number of amides is 2. The van der Waals surface area contributed by atoms with E-state index in [2.05, 4.69) is 15.7 Å². The van der Waals surface area contributed by atoms with E-state index in [9.17, 15) is 19.0 Å². The van der Waals surface area contributed by atoms with E-state index in [4.69, 9.17) is 4.74 Å². The van der Waals surface area contributed by atoms with E-state index in [1.54, 1.807) is 12.1 Å². The molecule has 0 saturated carbocycles. The highest BCUT2D eigenvalue weighted by molar-refractivity contribution is 7.55. The fourth-order valence-corrected chi connectivity index (χ4v) is 3.64. The van der Waals surface area contributed by atoms with E-state index in [0.717, 1.165) is 11.1 Å². The zero-order valence-electron chi connectivity index (χ0n) is 16.2. The molecule has 0 aliphatic rings. The van der Waals surface area contributed by atoms with Crippen LogP contribution in [-0.2, 0) is 27.1 Å². The molecule has 0 bridgehead atoms. The highest BCUT2D eigenvalue weighted by Gasteiger charge is 2.25. The number of hydrogen-bond acceptors (Lipinski definition) is 4. The van der Waals surface area contributed by atoms with Gasteiger partial charge in [0.05, 0.1) is 6.04 Å². The summed E-state index contributed by atoms with van der Waals surface area (Å²) in [5.41, 5.74) is 1.88. The monoisotopic (exact) mass is 419 g/mol. The van der Waals surface area contributed by atoms with Gasteiger partial charge in [-0.05, 0) is 24.5 Å². The number of carbonyl (C=O) groups excluding carboxylic acids is 2. The van der Waals surface area contributed by atoms with Crippen molar-refractivity contribution in [2.75, 3.05) is 12.8 Å². The lowest BCUT2D eigenvalue weighted by atomic mass is 10.1. The first-order chi connectivity index (χ1) is 13.9. The summed E-state index contributed by atoms with van der Waals surface area (Å²) in [6.45, 7) is 1.94. The molecular formula is C20H26N3O5P. The molecule has 2 atom stereocenters. The Hall–Kier alpha value is -2.67. The zero-order chi connectivity index (χ0) is 21.1. The minimum Gasteiger partial charge on any atom is -0.445 e. The summed E-state index contributed by atoms with van der Waals surface area (Å²) in [5.74, 6) is -0.401. The molecule has 4 N–H and O–H groups in total. The maximum Gasteiger partial charge on any atom is 0.407 e. The lowest BCUT2D eigenvalue weighted by Crippen LogP contribution is -2.42. The molecule has 2 amide bonds. The van der Waals surface area contributed by atoms with Crippen LogP contribution in [0.15, 0.2) is 60.7 Å². The number of alkyl carbamates (subject to hydrolysis) is 1. The van der Waals surface area contributed by atoms with Crippen molar-refractivity contribution in [3.63, 3.8) is 0 Å². The van der Waals surface area contributed by atoms with Gasteiger partial charge in [0, 0.05) is 6.54 Å². The summed E-state index contributed by atoms with van der Waals surface area (Å²) in [6.07, 6.45) is -0.711. The van der Waals surface area contributed by atoms with Crippen molar-refractivity contribution in [1.29, 1.82) is 0 Å². The molecule has 156 valence electrons. The molecular weight excluding hydrogens is 393 g/mol. The van der Waals surface area contributed by atoms with Crippen LogP contribution < -0.4 is 15.7 Å². The summed E-state index contributed by atoms with van der Waals surface area (Å²) in [6, 6.07) is 17.8.